The minimum Gasteiger partial charge on any atom is -0.313 e. The summed E-state index contributed by atoms with van der Waals surface area (Å²) >= 11 is 3.24. The Morgan fingerprint density at radius 1 is 1.41 bits per heavy atom. The number of nitrogens with one attached hydrogen (secondary N) is 1. The number of aryl methyl sites for hydroxylation is 1. The molecule has 2 aromatic rings. The Morgan fingerprint density at radius 3 is 2.94 bits per heavy atom. The van der Waals surface area contributed by atoms with Crippen LogP contribution < -0.4 is 5.32 Å². The molecule has 0 atom stereocenters. The van der Waals surface area contributed by atoms with Crippen molar-refractivity contribution in [1.29, 1.82) is 0 Å². The van der Waals surface area contributed by atoms with Gasteiger partial charge in [0, 0.05) is 11.4 Å². The first-order valence-corrected chi connectivity index (χ1v) is 7.23. The highest BCUT2D eigenvalue weighted by molar-refractivity contribution is 8.01. The van der Waals surface area contributed by atoms with E-state index < -0.39 is 0 Å². The fourth-order valence-electron chi connectivity index (χ4n) is 1.50. The first-order chi connectivity index (χ1) is 8.29. The lowest BCUT2D eigenvalue weighted by atomic mass is 10.1. The third-order valence-electron chi connectivity index (χ3n) is 2.42. The molecule has 0 aliphatic rings. The summed E-state index contributed by atoms with van der Waals surface area (Å²) in [6.07, 6.45) is 0. The molecule has 0 unspecified atom stereocenters. The molecule has 1 aromatic carbocycles. The zero-order valence-electron chi connectivity index (χ0n) is 9.93. The zero-order valence-corrected chi connectivity index (χ0v) is 11.6. The topological polar surface area (TPSA) is 37.8 Å². The van der Waals surface area contributed by atoms with E-state index in [1.807, 2.05) is 0 Å². The van der Waals surface area contributed by atoms with Crippen LogP contribution in [0.4, 0.5) is 0 Å². The second-order valence-corrected chi connectivity index (χ2v) is 5.83. The molecule has 0 fully saturated rings. The van der Waals surface area contributed by atoms with Gasteiger partial charge in [-0.15, -0.1) is 10.2 Å². The van der Waals surface area contributed by atoms with Crippen molar-refractivity contribution in [2.75, 3.05) is 6.54 Å². The van der Waals surface area contributed by atoms with Gasteiger partial charge in [-0.2, -0.15) is 0 Å². The van der Waals surface area contributed by atoms with Gasteiger partial charge in [0.05, 0.1) is 0 Å². The van der Waals surface area contributed by atoms with Gasteiger partial charge in [0.1, 0.15) is 5.51 Å². The fourth-order valence-corrected chi connectivity index (χ4v) is 3.05. The van der Waals surface area contributed by atoms with Crippen LogP contribution in [0.25, 0.3) is 0 Å². The van der Waals surface area contributed by atoms with Crippen LogP contribution >= 0.6 is 23.1 Å². The summed E-state index contributed by atoms with van der Waals surface area (Å²) in [5, 5.41) is 11.2. The average molecular weight is 265 g/mol. The Labute approximate surface area is 110 Å². The molecule has 0 saturated carbocycles. The standard InChI is InChI=1S/C12H15N3S2/c1-3-13-7-10-4-5-11(6-9(10)2)17-12-15-14-8-16-12/h4-6,8,13H,3,7H2,1-2H3. The Balaban J connectivity index is 2.08. The molecule has 90 valence electrons. The summed E-state index contributed by atoms with van der Waals surface area (Å²) in [5.74, 6) is 0. The van der Waals surface area contributed by atoms with Crippen molar-refractivity contribution in [2.45, 2.75) is 29.6 Å². The van der Waals surface area contributed by atoms with Gasteiger partial charge in [-0.05, 0) is 36.7 Å². The molecule has 0 saturated heterocycles. The average Bonchev–Trinajstić information content (AvgIpc) is 2.81. The fraction of sp³-hybridized carbons (Fsp3) is 0.333. The summed E-state index contributed by atoms with van der Waals surface area (Å²) in [4.78, 5) is 1.22. The Morgan fingerprint density at radius 2 is 2.29 bits per heavy atom. The maximum atomic E-state index is 4.03. The highest BCUT2D eigenvalue weighted by atomic mass is 32.2. The summed E-state index contributed by atoms with van der Waals surface area (Å²) in [7, 11) is 0. The van der Waals surface area contributed by atoms with Gasteiger partial charge in [-0.1, -0.05) is 36.1 Å². The molecule has 0 amide bonds. The molecule has 17 heavy (non-hydrogen) atoms. The lowest BCUT2D eigenvalue weighted by molar-refractivity contribution is 0.723. The molecule has 5 heteroatoms. The third kappa shape index (κ3) is 3.52. The van der Waals surface area contributed by atoms with E-state index in [4.69, 9.17) is 0 Å². The van der Waals surface area contributed by atoms with Crippen LogP contribution in [0.1, 0.15) is 18.1 Å². The second-order valence-electron chi connectivity index (χ2n) is 3.68. The second kappa shape index (κ2) is 6.14. The van der Waals surface area contributed by atoms with Crippen molar-refractivity contribution in [1.82, 2.24) is 15.5 Å². The first-order valence-electron chi connectivity index (χ1n) is 5.54. The Hall–Kier alpha value is -0.910. The van der Waals surface area contributed by atoms with Crippen LogP contribution in [0.2, 0.25) is 0 Å². The van der Waals surface area contributed by atoms with E-state index >= 15 is 0 Å². The van der Waals surface area contributed by atoms with E-state index in [0.717, 1.165) is 17.4 Å². The maximum absolute atomic E-state index is 4.03. The summed E-state index contributed by atoms with van der Waals surface area (Å²) in [5.41, 5.74) is 4.43. The van der Waals surface area contributed by atoms with Crippen LogP contribution in [0.5, 0.6) is 0 Å². The van der Waals surface area contributed by atoms with Gasteiger partial charge in [0.2, 0.25) is 0 Å². The molecule has 0 aliphatic heterocycles. The maximum Gasteiger partial charge on any atom is 0.178 e. The zero-order chi connectivity index (χ0) is 12.1. The quantitative estimate of drug-likeness (QED) is 0.901. The van der Waals surface area contributed by atoms with Crippen molar-refractivity contribution in [2.24, 2.45) is 0 Å². The van der Waals surface area contributed by atoms with E-state index in [1.54, 1.807) is 28.6 Å². The molecule has 0 spiro atoms. The number of hydrogen-bond donors (Lipinski definition) is 1. The molecular formula is C12H15N3S2. The van der Waals surface area contributed by atoms with Gasteiger partial charge in [0.15, 0.2) is 4.34 Å². The van der Waals surface area contributed by atoms with Crippen molar-refractivity contribution in [3.63, 3.8) is 0 Å². The summed E-state index contributed by atoms with van der Waals surface area (Å²) in [6.45, 7) is 6.21. The molecule has 1 aromatic heterocycles. The van der Waals surface area contributed by atoms with Crippen molar-refractivity contribution < 1.29 is 0 Å². The van der Waals surface area contributed by atoms with Crippen molar-refractivity contribution in [3.05, 3.63) is 34.8 Å². The van der Waals surface area contributed by atoms with Crippen molar-refractivity contribution >= 4 is 23.1 Å². The van der Waals surface area contributed by atoms with Crippen LogP contribution in [0.3, 0.4) is 0 Å². The molecule has 1 N–H and O–H groups in total. The highest BCUT2D eigenvalue weighted by Crippen LogP contribution is 2.29. The lowest BCUT2D eigenvalue weighted by Gasteiger charge is -2.07. The van der Waals surface area contributed by atoms with E-state index in [2.05, 4.69) is 47.6 Å². The third-order valence-corrected chi connectivity index (χ3v) is 4.19. The van der Waals surface area contributed by atoms with Crippen molar-refractivity contribution in [3.8, 4) is 0 Å². The van der Waals surface area contributed by atoms with Crippen LogP contribution in [0, 0.1) is 6.92 Å². The van der Waals surface area contributed by atoms with Crippen LogP contribution in [-0.2, 0) is 6.54 Å². The number of benzene rings is 1. The predicted molar refractivity (Wildman–Crippen MR) is 72.6 cm³/mol. The van der Waals surface area contributed by atoms with E-state index in [-0.39, 0.29) is 0 Å². The molecular weight excluding hydrogens is 250 g/mol. The van der Waals surface area contributed by atoms with Gasteiger partial charge in [-0.3, -0.25) is 0 Å². The van der Waals surface area contributed by atoms with Crippen LogP contribution in [0.15, 0.2) is 32.9 Å². The van der Waals surface area contributed by atoms with Gasteiger partial charge < -0.3 is 5.32 Å². The van der Waals surface area contributed by atoms with Gasteiger partial charge >= 0.3 is 0 Å². The Kier molecular flexibility index (Phi) is 4.53. The molecule has 0 aliphatic carbocycles. The minimum absolute atomic E-state index is 0.937. The molecule has 0 radical (unpaired) electrons. The van der Waals surface area contributed by atoms with Gasteiger partial charge in [0.25, 0.3) is 0 Å². The number of hydrogen-bond acceptors (Lipinski definition) is 5. The number of rotatable bonds is 5. The smallest absolute Gasteiger partial charge is 0.178 e. The first kappa shape index (κ1) is 12.5. The largest absolute Gasteiger partial charge is 0.313 e. The highest BCUT2D eigenvalue weighted by Gasteiger charge is 2.03. The predicted octanol–water partition coefficient (Wildman–Crippen LogP) is 3.11. The van der Waals surface area contributed by atoms with Crippen LogP contribution in [-0.4, -0.2) is 16.7 Å². The minimum atomic E-state index is 0.937. The summed E-state index contributed by atoms with van der Waals surface area (Å²) in [6, 6.07) is 6.53. The number of nitrogens with zero attached hydrogens (tertiary/aromatic N) is 2. The molecule has 3 nitrogen and oxygen atoms in total. The van der Waals surface area contributed by atoms with Gasteiger partial charge in [-0.25, -0.2) is 0 Å². The Bertz CT molecular complexity index is 469. The molecule has 0 bridgehead atoms. The molecule has 2 rings (SSSR count). The lowest BCUT2D eigenvalue weighted by Crippen LogP contribution is -2.12. The van der Waals surface area contributed by atoms with E-state index in [0.29, 0.717) is 0 Å². The summed E-state index contributed by atoms with van der Waals surface area (Å²) < 4.78 is 0.990. The molecule has 1 heterocycles. The van der Waals surface area contributed by atoms with E-state index in [1.165, 1.54) is 16.0 Å². The van der Waals surface area contributed by atoms with E-state index in [9.17, 15) is 0 Å². The number of aromatic nitrogens is 2. The normalized spacial score (nSPS) is 10.7. The monoisotopic (exact) mass is 265 g/mol. The SMILES string of the molecule is CCNCc1ccc(Sc2nncs2)cc1C.